The van der Waals surface area contributed by atoms with Crippen LogP contribution in [0.15, 0.2) is 0 Å². The summed E-state index contributed by atoms with van der Waals surface area (Å²) in [5, 5.41) is 21.3. The molecule has 4 aliphatic rings. The minimum Gasteiger partial charge on any atom is -0.390 e. The highest BCUT2D eigenvalue weighted by Gasteiger charge is 2.61. The van der Waals surface area contributed by atoms with Crippen LogP contribution in [-0.2, 0) is 4.74 Å². The maximum atomic E-state index is 11.1. The highest BCUT2D eigenvalue weighted by molar-refractivity contribution is 5.11. The lowest BCUT2D eigenvalue weighted by Gasteiger charge is -2.62. The molecule has 188 valence electrons. The third kappa shape index (κ3) is 4.57. The SMILES string of the molecule is C.COC[C@@]1(O)CC[C@@]2(C)[C@@H](CC[C@@H]3[C@@H]2CC[C@]2(C)[C@@H]([C@H](C)CCC(C)(C)O)CC[C@@H]32)C1. The van der Waals surface area contributed by atoms with E-state index in [1.165, 1.54) is 44.9 Å². The van der Waals surface area contributed by atoms with Crippen molar-refractivity contribution in [1.29, 1.82) is 0 Å². The zero-order chi connectivity index (χ0) is 22.7. The molecule has 0 radical (unpaired) electrons. The Morgan fingerprint density at radius 2 is 1.66 bits per heavy atom. The summed E-state index contributed by atoms with van der Waals surface area (Å²) in [4.78, 5) is 0. The molecule has 4 saturated carbocycles. The van der Waals surface area contributed by atoms with Crippen LogP contribution in [0.4, 0.5) is 0 Å². The van der Waals surface area contributed by atoms with E-state index in [1.807, 2.05) is 13.8 Å². The molecule has 32 heavy (non-hydrogen) atoms. The standard InChI is InChI=1S/C28H50O3.CH4/c1-19(11-13-25(2,3)29)22-9-10-23-21-8-7-20-17-28(30,18-31-6)16-15-26(20,4)24(21)12-14-27(22,23)5;/h19-24,29-30H,7-18H2,1-6H3;1H4/t19-,20+,21+,22-,23+,24+,26+,27-,28-;/m1./s1. The third-order valence-electron chi connectivity index (χ3n) is 11.2. The summed E-state index contributed by atoms with van der Waals surface area (Å²) in [5.41, 5.74) is -0.226. The van der Waals surface area contributed by atoms with E-state index in [1.54, 1.807) is 7.11 Å². The van der Waals surface area contributed by atoms with E-state index in [2.05, 4.69) is 20.8 Å². The lowest BCUT2D eigenvalue weighted by Crippen LogP contribution is -2.56. The molecule has 4 fully saturated rings. The molecular weight excluding hydrogens is 396 g/mol. The maximum Gasteiger partial charge on any atom is 0.0883 e. The first-order valence-corrected chi connectivity index (χ1v) is 13.4. The molecule has 0 unspecified atom stereocenters. The van der Waals surface area contributed by atoms with Gasteiger partial charge < -0.3 is 14.9 Å². The Morgan fingerprint density at radius 1 is 0.969 bits per heavy atom. The van der Waals surface area contributed by atoms with Crippen molar-refractivity contribution in [2.75, 3.05) is 13.7 Å². The van der Waals surface area contributed by atoms with Gasteiger partial charge in [0.15, 0.2) is 0 Å². The van der Waals surface area contributed by atoms with E-state index in [0.717, 1.165) is 49.4 Å². The molecule has 0 amide bonds. The molecule has 0 heterocycles. The highest BCUT2D eigenvalue weighted by atomic mass is 16.5. The van der Waals surface area contributed by atoms with Crippen molar-refractivity contribution in [2.45, 2.75) is 124 Å². The normalized spacial score (nSPS) is 47.1. The van der Waals surface area contributed by atoms with Crippen LogP contribution in [0, 0.1) is 46.3 Å². The zero-order valence-corrected chi connectivity index (χ0v) is 21.3. The topological polar surface area (TPSA) is 49.7 Å². The molecule has 4 rings (SSSR count). The lowest BCUT2D eigenvalue weighted by atomic mass is 9.43. The van der Waals surface area contributed by atoms with Gasteiger partial charge in [-0.05, 0) is 131 Å². The van der Waals surface area contributed by atoms with E-state index in [9.17, 15) is 10.2 Å². The van der Waals surface area contributed by atoms with Crippen LogP contribution in [0.5, 0.6) is 0 Å². The molecule has 0 bridgehead atoms. The number of rotatable bonds is 6. The summed E-state index contributed by atoms with van der Waals surface area (Å²) in [5.74, 6) is 4.82. The summed E-state index contributed by atoms with van der Waals surface area (Å²) >= 11 is 0. The second kappa shape index (κ2) is 9.15. The third-order valence-corrected chi connectivity index (χ3v) is 11.2. The quantitative estimate of drug-likeness (QED) is 0.465. The predicted octanol–water partition coefficient (Wildman–Crippen LogP) is 6.85. The number of fused-ring (bicyclic) bond motifs is 5. The average molecular weight is 451 g/mol. The number of aliphatic hydroxyl groups is 2. The minimum absolute atomic E-state index is 0. The second-order valence-electron chi connectivity index (χ2n) is 13.6. The van der Waals surface area contributed by atoms with Crippen molar-refractivity contribution in [3.8, 4) is 0 Å². The summed E-state index contributed by atoms with van der Waals surface area (Å²) in [7, 11) is 1.73. The van der Waals surface area contributed by atoms with Crippen molar-refractivity contribution >= 4 is 0 Å². The molecule has 0 aromatic carbocycles. The minimum atomic E-state index is -0.594. The van der Waals surface area contributed by atoms with Crippen molar-refractivity contribution in [2.24, 2.45) is 46.3 Å². The van der Waals surface area contributed by atoms with Crippen molar-refractivity contribution < 1.29 is 14.9 Å². The van der Waals surface area contributed by atoms with E-state index in [0.29, 0.717) is 29.3 Å². The first kappa shape index (κ1) is 26.5. The monoisotopic (exact) mass is 450 g/mol. The first-order valence-electron chi connectivity index (χ1n) is 13.4. The summed E-state index contributed by atoms with van der Waals surface area (Å²) in [6.07, 6.45) is 13.4. The van der Waals surface area contributed by atoms with Gasteiger partial charge in [-0.15, -0.1) is 0 Å². The fourth-order valence-electron chi connectivity index (χ4n) is 9.48. The fraction of sp³-hybridized carbons (Fsp3) is 1.00. The van der Waals surface area contributed by atoms with Gasteiger partial charge in [-0.25, -0.2) is 0 Å². The van der Waals surface area contributed by atoms with Crippen LogP contribution < -0.4 is 0 Å². The summed E-state index contributed by atoms with van der Waals surface area (Å²) in [6, 6.07) is 0. The lowest BCUT2D eigenvalue weighted by molar-refractivity contribution is -0.163. The summed E-state index contributed by atoms with van der Waals surface area (Å²) in [6.45, 7) is 12.1. The van der Waals surface area contributed by atoms with Crippen LogP contribution in [-0.4, -0.2) is 35.1 Å². The molecule has 0 spiro atoms. The van der Waals surface area contributed by atoms with Crippen molar-refractivity contribution in [3.63, 3.8) is 0 Å². The largest absolute Gasteiger partial charge is 0.390 e. The van der Waals surface area contributed by atoms with Crippen LogP contribution >= 0.6 is 0 Å². The van der Waals surface area contributed by atoms with E-state index >= 15 is 0 Å². The molecule has 0 aromatic heterocycles. The Bertz CT molecular complexity index is 641. The van der Waals surface area contributed by atoms with Gasteiger partial charge in [-0.3, -0.25) is 0 Å². The Balaban J connectivity index is 0.00000289. The Labute approximate surface area is 199 Å². The molecular formula is C29H54O3. The molecule has 3 nitrogen and oxygen atoms in total. The van der Waals surface area contributed by atoms with Crippen LogP contribution in [0.1, 0.15) is 113 Å². The van der Waals surface area contributed by atoms with Crippen LogP contribution in [0.2, 0.25) is 0 Å². The maximum absolute atomic E-state index is 11.1. The van der Waals surface area contributed by atoms with Gasteiger partial charge in [0.25, 0.3) is 0 Å². The molecule has 9 atom stereocenters. The van der Waals surface area contributed by atoms with E-state index in [4.69, 9.17) is 4.74 Å². The number of hydrogen-bond donors (Lipinski definition) is 2. The van der Waals surface area contributed by atoms with Gasteiger partial charge in [0.05, 0.1) is 17.8 Å². The highest BCUT2D eigenvalue weighted by Crippen LogP contribution is 2.68. The van der Waals surface area contributed by atoms with Gasteiger partial charge >= 0.3 is 0 Å². The molecule has 0 saturated heterocycles. The van der Waals surface area contributed by atoms with Gasteiger partial charge in [0, 0.05) is 7.11 Å². The van der Waals surface area contributed by atoms with E-state index in [-0.39, 0.29) is 7.43 Å². The van der Waals surface area contributed by atoms with Gasteiger partial charge in [-0.1, -0.05) is 28.2 Å². The van der Waals surface area contributed by atoms with Crippen LogP contribution in [0.25, 0.3) is 0 Å². The smallest absolute Gasteiger partial charge is 0.0883 e. The number of hydrogen-bond acceptors (Lipinski definition) is 3. The summed E-state index contributed by atoms with van der Waals surface area (Å²) < 4.78 is 5.38. The van der Waals surface area contributed by atoms with Gasteiger partial charge in [0.2, 0.25) is 0 Å². The van der Waals surface area contributed by atoms with E-state index < -0.39 is 11.2 Å². The Kier molecular flexibility index (Phi) is 7.58. The molecule has 0 aromatic rings. The number of ether oxygens (including phenoxy) is 1. The van der Waals surface area contributed by atoms with Crippen molar-refractivity contribution in [1.82, 2.24) is 0 Å². The first-order chi connectivity index (χ1) is 14.4. The van der Waals surface area contributed by atoms with Crippen LogP contribution in [0.3, 0.4) is 0 Å². The van der Waals surface area contributed by atoms with Crippen molar-refractivity contribution in [3.05, 3.63) is 0 Å². The molecule has 4 aliphatic carbocycles. The molecule has 3 heteroatoms. The molecule has 0 aliphatic heterocycles. The Morgan fingerprint density at radius 3 is 2.31 bits per heavy atom. The predicted molar refractivity (Wildman–Crippen MR) is 133 cm³/mol. The van der Waals surface area contributed by atoms with Gasteiger partial charge in [-0.2, -0.15) is 0 Å². The molecule has 2 N–H and O–H groups in total. The zero-order valence-electron chi connectivity index (χ0n) is 21.3. The number of methoxy groups -OCH3 is 1. The van der Waals surface area contributed by atoms with Gasteiger partial charge in [0.1, 0.15) is 0 Å². The average Bonchev–Trinajstić information content (AvgIpc) is 3.04. The fourth-order valence-corrected chi connectivity index (χ4v) is 9.48. The Hall–Kier alpha value is -0.120. The second-order valence-corrected chi connectivity index (χ2v) is 13.6.